The maximum absolute atomic E-state index is 13.3. The van der Waals surface area contributed by atoms with Crippen LogP contribution in [0, 0.1) is 11.3 Å². The molecule has 0 aliphatic carbocycles. The molecule has 1 aliphatic heterocycles. The van der Waals surface area contributed by atoms with Crippen molar-refractivity contribution >= 4 is 34.8 Å². The predicted octanol–water partition coefficient (Wildman–Crippen LogP) is 1.53. The molecule has 2 aromatic carbocycles. The monoisotopic (exact) mass is 475 g/mol. The first kappa shape index (κ1) is 22.9. The molecule has 1 aliphatic rings. The second-order valence-corrected chi connectivity index (χ2v) is 8.38. The zero-order chi connectivity index (χ0) is 24.4. The third kappa shape index (κ3) is 3.84. The number of benzene rings is 2. The third-order valence-corrected chi connectivity index (χ3v) is 6.64. The number of nitrogens with two attached hydrogens (primary N) is 1. The fourth-order valence-electron chi connectivity index (χ4n) is 3.84. The molecule has 8 nitrogen and oxygen atoms in total. The van der Waals surface area contributed by atoms with E-state index < -0.39 is 17.4 Å². The number of carbonyl (C=O) groups is 1. The lowest BCUT2D eigenvalue weighted by Gasteiger charge is -2.24. The number of aromatic nitrogens is 1. The summed E-state index contributed by atoms with van der Waals surface area (Å²) in [5.41, 5.74) is 7.60. The quantitative estimate of drug-likeness (QED) is 0.556. The maximum Gasteiger partial charge on any atom is 0.337 e. The highest BCUT2D eigenvalue weighted by Gasteiger charge is 2.36. The van der Waals surface area contributed by atoms with Crippen molar-refractivity contribution in [1.29, 1.82) is 5.26 Å². The minimum Gasteiger partial charge on any atom is -0.497 e. The zero-order valence-corrected chi connectivity index (χ0v) is 19.5. The number of fused-ring (bicyclic) bond motifs is 1. The van der Waals surface area contributed by atoms with E-state index >= 15 is 0 Å². The normalized spacial score (nSPS) is 15.5. The zero-order valence-electron chi connectivity index (χ0n) is 18.7. The van der Waals surface area contributed by atoms with Gasteiger partial charge in [0.05, 0.1) is 49.0 Å². The Balaban J connectivity index is 2.03. The Kier molecular flexibility index (Phi) is 6.25. The summed E-state index contributed by atoms with van der Waals surface area (Å²) >= 11 is 1.12. The first-order valence-corrected chi connectivity index (χ1v) is 11.0. The van der Waals surface area contributed by atoms with Crippen molar-refractivity contribution in [2.75, 3.05) is 21.3 Å². The van der Waals surface area contributed by atoms with E-state index in [4.69, 9.17) is 19.9 Å². The molecule has 0 unspecified atom stereocenters. The van der Waals surface area contributed by atoms with E-state index in [2.05, 4.69) is 6.07 Å². The molecule has 4 rings (SSSR count). The van der Waals surface area contributed by atoms with Crippen LogP contribution in [0.1, 0.15) is 17.0 Å². The van der Waals surface area contributed by atoms with Gasteiger partial charge in [0.1, 0.15) is 22.0 Å². The van der Waals surface area contributed by atoms with Crippen molar-refractivity contribution in [3.8, 4) is 17.6 Å². The molecule has 1 aromatic heterocycles. The third-order valence-electron chi connectivity index (χ3n) is 5.54. The van der Waals surface area contributed by atoms with Crippen molar-refractivity contribution in [2.45, 2.75) is 5.92 Å². The Morgan fingerprint density at radius 2 is 1.65 bits per heavy atom. The number of thiazole rings is 1. The number of hydrogen-bond acceptors (Lipinski definition) is 8. The van der Waals surface area contributed by atoms with Crippen molar-refractivity contribution < 1.29 is 19.0 Å². The molecule has 9 heteroatoms. The molecule has 0 saturated heterocycles. The molecule has 2 heterocycles. The average molecular weight is 476 g/mol. The molecule has 0 spiro atoms. The van der Waals surface area contributed by atoms with Crippen LogP contribution in [0.2, 0.25) is 0 Å². The SMILES string of the molecule is COC(=O)C1=c2s/c(=C/c3ccc(OC)cc3)c(=O)n2C(N)=C(C#N)[C@H]1c1ccc(OC)cc1. The molecule has 1 atom stereocenters. The van der Waals surface area contributed by atoms with Crippen LogP contribution in [0.3, 0.4) is 0 Å². The van der Waals surface area contributed by atoms with Gasteiger partial charge in [0.2, 0.25) is 0 Å². The fourth-order valence-corrected chi connectivity index (χ4v) is 5.00. The molecule has 0 amide bonds. The average Bonchev–Trinajstić information content (AvgIpc) is 3.19. The molecule has 0 bridgehead atoms. The van der Waals surface area contributed by atoms with Gasteiger partial charge < -0.3 is 19.9 Å². The molecule has 34 heavy (non-hydrogen) atoms. The molecule has 172 valence electrons. The van der Waals surface area contributed by atoms with E-state index in [1.165, 1.54) is 11.7 Å². The van der Waals surface area contributed by atoms with Crippen LogP contribution < -0.4 is 30.0 Å². The number of esters is 1. The second kappa shape index (κ2) is 9.29. The molecule has 0 fully saturated rings. The van der Waals surface area contributed by atoms with Crippen molar-refractivity contribution in [3.05, 3.63) is 84.8 Å². The highest BCUT2D eigenvalue weighted by atomic mass is 32.1. The van der Waals surface area contributed by atoms with Gasteiger partial charge in [-0.3, -0.25) is 9.36 Å². The molecular formula is C25H21N3O5S. The molecule has 3 aromatic rings. The highest BCUT2D eigenvalue weighted by molar-refractivity contribution is 7.07. The van der Waals surface area contributed by atoms with Gasteiger partial charge in [0.15, 0.2) is 0 Å². The molecule has 2 N–H and O–H groups in total. The Morgan fingerprint density at radius 1 is 1.06 bits per heavy atom. The predicted molar refractivity (Wildman–Crippen MR) is 129 cm³/mol. The maximum atomic E-state index is 13.3. The van der Waals surface area contributed by atoms with E-state index in [0.717, 1.165) is 16.9 Å². The second-order valence-electron chi connectivity index (χ2n) is 7.35. The number of ether oxygens (including phenoxy) is 3. The lowest BCUT2D eigenvalue weighted by atomic mass is 9.84. The minimum atomic E-state index is -0.796. The highest BCUT2D eigenvalue weighted by Crippen LogP contribution is 2.37. The van der Waals surface area contributed by atoms with E-state index in [-0.39, 0.29) is 17.0 Å². The Morgan fingerprint density at radius 3 is 2.18 bits per heavy atom. The number of carbonyl (C=O) groups excluding carboxylic acids is 1. The summed E-state index contributed by atoms with van der Waals surface area (Å²) in [7, 11) is 4.38. The van der Waals surface area contributed by atoms with Gasteiger partial charge in [0, 0.05) is 0 Å². The number of allylic oxidation sites excluding steroid dienone is 1. The summed E-state index contributed by atoms with van der Waals surface area (Å²) < 4.78 is 17.4. The largest absolute Gasteiger partial charge is 0.497 e. The number of rotatable bonds is 5. The van der Waals surface area contributed by atoms with Gasteiger partial charge >= 0.3 is 5.97 Å². The van der Waals surface area contributed by atoms with Crippen LogP contribution in [-0.2, 0) is 9.53 Å². The summed E-state index contributed by atoms with van der Waals surface area (Å²) in [5.74, 6) is -0.142. The summed E-state index contributed by atoms with van der Waals surface area (Å²) in [5, 5.41) is 9.96. The van der Waals surface area contributed by atoms with Crippen LogP contribution in [0.15, 0.2) is 58.9 Å². The van der Waals surface area contributed by atoms with Crippen LogP contribution in [0.25, 0.3) is 17.5 Å². The van der Waals surface area contributed by atoms with Gasteiger partial charge in [-0.15, -0.1) is 11.3 Å². The molecular weight excluding hydrogens is 454 g/mol. The molecule has 0 saturated carbocycles. The number of nitrogens with zero attached hydrogens (tertiary/aromatic N) is 2. The number of hydrogen-bond donors (Lipinski definition) is 1. The van der Waals surface area contributed by atoms with E-state index in [9.17, 15) is 14.9 Å². The van der Waals surface area contributed by atoms with E-state index in [1.807, 2.05) is 12.1 Å². The summed E-state index contributed by atoms with van der Waals surface area (Å²) in [6.07, 6.45) is 1.70. The number of methoxy groups -OCH3 is 3. The topological polar surface area (TPSA) is 117 Å². The van der Waals surface area contributed by atoms with Gasteiger partial charge in [-0.2, -0.15) is 5.26 Å². The van der Waals surface area contributed by atoms with E-state index in [1.54, 1.807) is 56.7 Å². The number of nitriles is 1. The minimum absolute atomic E-state index is 0.0124. The smallest absolute Gasteiger partial charge is 0.337 e. The van der Waals surface area contributed by atoms with Crippen molar-refractivity contribution in [3.63, 3.8) is 0 Å². The Hall–Kier alpha value is -4.29. The van der Waals surface area contributed by atoms with Crippen LogP contribution in [0.4, 0.5) is 0 Å². The first-order chi connectivity index (χ1) is 16.4. The van der Waals surface area contributed by atoms with Crippen LogP contribution in [0.5, 0.6) is 11.5 Å². The van der Waals surface area contributed by atoms with Gasteiger partial charge in [-0.1, -0.05) is 24.3 Å². The molecule has 0 radical (unpaired) electrons. The Labute approximate surface area is 199 Å². The standard InChI is InChI=1S/C25H21N3O5S/c1-31-16-8-4-14(5-9-16)12-19-23(29)28-22(27)18(13-26)20(15-6-10-17(32-2)11-7-15)21(24(28)34-19)25(30)33-3/h4-12,20H,27H2,1-3H3/b19-12+/t20-/m1/s1. The van der Waals surface area contributed by atoms with Crippen LogP contribution in [-0.4, -0.2) is 31.9 Å². The summed E-state index contributed by atoms with van der Waals surface area (Å²) in [4.78, 5) is 26.3. The van der Waals surface area contributed by atoms with Crippen LogP contribution >= 0.6 is 11.3 Å². The van der Waals surface area contributed by atoms with Gasteiger partial charge in [-0.05, 0) is 41.5 Å². The fraction of sp³-hybridized carbons (Fsp3) is 0.160. The first-order valence-electron chi connectivity index (χ1n) is 10.2. The summed E-state index contributed by atoms with van der Waals surface area (Å²) in [6, 6.07) is 16.3. The summed E-state index contributed by atoms with van der Waals surface area (Å²) in [6.45, 7) is 0. The van der Waals surface area contributed by atoms with E-state index in [0.29, 0.717) is 26.3 Å². The van der Waals surface area contributed by atoms with Gasteiger partial charge in [0.25, 0.3) is 5.56 Å². The lowest BCUT2D eigenvalue weighted by Crippen LogP contribution is -2.40. The lowest BCUT2D eigenvalue weighted by molar-refractivity contribution is -0.134. The van der Waals surface area contributed by atoms with Crippen molar-refractivity contribution in [2.24, 2.45) is 5.73 Å². The van der Waals surface area contributed by atoms with Gasteiger partial charge in [-0.25, -0.2) is 4.79 Å². The van der Waals surface area contributed by atoms with Crippen molar-refractivity contribution in [1.82, 2.24) is 4.57 Å². The Bertz CT molecular complexity index is 1510.